The Morgan fingerprint density at radius 1 is 1.14 bits per heavy atom. The van der Waals surface area contributed by atoms with Gasteiger partial charge in [0, 0.05) is 25.2 Å². The molecule has 1 aliphatic rings. The molecule has 4 rings (SSSR count). The number of aromatic nitrogens is 2. The molecule has 9 heteroatoms. The normalized spacial score (nSPS) is 15.8. The van der Waals surface area contributed by atoms with Crippen LogP contribution >= 0.6 is 11.6 Å². The number of hydrogen-bond acceptors (Lipinski definition) is 5. The number of hydrogen-bond donors (Lipinski definition) is 0. The molecule has 0 unspecified atom stereocenters. The van der Waals surface area contributed by atoms with Crippen molar-refractivity contribution in [3.8, 4) is 5.75 Å². The summed E-state index contributed by atoms with van der Waals surface area (Å²) in [5.74, 6) is 1.33. The molecule has 0 saturated carbocycles. The number of halogens is 1. The first-order chi connectivity index (χ1) is 13.4. The molecule has 0 N–H and O–H groups in total. The van der Waals surface area contributed by atoms with Crippen molar-refractivity contribution in [1.29, 1.82) is 0 Å². The van der Waals surface area contributed by atoms with E-state index in [4.69, 9.17) is 21.1 Å². The molecule has 1 fully saturated rings. The maximum atomic E-state index is 12.7. The highest BCUT2D eigenvalue weighted by atomic mass is 35.5. The van der Waals surface area contributed by atoms with Gasteiger partial charge in [0.05, 0.1) is 29.1 Å². The van der Waals surface area contributed by atoms with Crippen LogP contribution in [-0.2, 0) is 28.4 Å². The number of imidazole rings is 1. The SMILES string of the molecule is Cn1c(COc2ccc(S(=O)(=O)N3CCOCC3)cc2)nc2cc(Cl)ccc21. The molecule has 2 heterocycles. The summed E-state index contributed by atoms with van der Waals surface area (Å²) < 4.78 is 39.7. The first-order valence-corrected chi connectivity index (χ1v) is 10.7. The first kappa shape index (κ1) is 19.2. The maximum absolute atomic E-state index is 12.7. The van der Waals surface area contributed by atoms with E-state index in [1.807, 2.05) is 29.8 Å². The third-order valence-electron chi connectivity index (χ3n) is 4.73. The third kappa shape index (κ3) is 3.73. The highest BCUT2D eigenvalue weighted by molar-refractivity contribution is 7.89. The molecule has 148 valence electrons. The lowest BCUT2D eigenvalue weighted by atomic mass is 10.3. The third-order valence-corrected chi connectivity index (χ3v) is 6.88. The molecule has 7 nitrogen and oxygen atoms in total. The Morgan fingerprint density at radius 2 is 1.86 bits per heavy atom. The van der Waals surface area contributed by atoms with Crippen LogP contribution in [-0.4, -0.2) is 48.6 Å². The van der Waals surface area contributed by atoms with E-state index in [0.29, 0.717) is 37.1 Å². The molecule has 0 bridgehead atoms. The zero-order valence-corrected chi connectivity index (χ0v) is 16.9. The van der Waals surface area contributed by atoms with Gasteiger partial charge in [-0.2, -0.15) is 4.31 Å². The Hall–Kier alpha value is -2.13. The number of aryl methyl sites for hydroxylation is 1. The van der Waals surface area contributed by atoms with Crippen LogP contribution in [0.1, 0.15) is 5.82 Å². The van der Waals surface area contributed by atoms with Crippen molar-refractivity contribution in [2.24, 2.45) is 7.05 Å². The molecule has 1 aromatic heterocycles. The summed E-state index contributed by atoms with van der Waals surface area (Å²) in [6.45, 7) is 1.85. The van der Waals surface area contributed by atoms with E-state index in [1.165, 1.54) is 4.31 Å². The standard InChI is InChI=1S/C19H20ClN3O4S/c1-22-18-7-2-14(20)12-17(18)21-19(22)13-27-15-3-5-16(6-4-15)28(24,25)23-8-10-26-11-9-23/h2-7,12H,8-11,13H2,1H3. The summed E-state index contributed by atoms with van der Waals surface area (Å²) in [6.07, 6.45) is 0. The number of nitrogens with zero attached hydrogens (tertiary/aromatic N) is 3. The number of morpholine rings is 1. The Balaban J connectivity index is 1.47. The fourth-order valence-corrected chi connectivity index (χ4v) is 4.72. The Kier molecular flexibility index (Phi) is 5.29. The number of benzene rings is 2. The number of sulfonamides is 1. The molecule has 0 spiro atoms. The predicted molar refractivity (Wildman–Crippen MR) is 106 cm³/mol. The van der Waals surface area contributed by atoms with Gasteiger partial charge in [-0.1, -0.05) is 11.6 Å². The summed E-state index contributed by atoms with van der Waals surface area (Å²) in [6, 6.07) is 12.0. The van der Waals surface area contributed by atoms with Crippen LogP contribution in [0.4, 0.5) is 0 Å². The minimum atomic E-state index is -3.51. The van der Waals surface area contributed by atoms with Crippen LogP contribution in [0.25, 0.3) is 11.0 Å². The summed E-state index contributed by atoms with van der Waals surface area (Å²) in [4.78, 5) is 4.79. The lowest BCUT2D eigenvalue weighted by molar-refractivity contribution is 0.0730. The summed E-state index contributed by atoms with van der Waals surface area (Å²) in [5, 5.41) is 0.634. The average molecular weight is 422 g/mol. The zero-order chi connectivity index (χ0) is 19.7. The number of fused-ring (bicyclic) bond motifs is 1. The Bertz CT molecular complexity index is 1090. The van der Waals surface area contributed by atoms with Crippen molar-refractivity contribution >= 4 is 32.7 Å². The Morgan fingerprint density at radius 3 is 2.57 bits per heavy atom. The van der Waals surface area contributed by atoms with Crippen molar-refractivity contribution in [3.63, 3.8) is 0 Å². The second kappa shape index (κ2) is 7.71. The molecule has 0 aliphatic carbocycles. The van der Waals surface area contributed by atoms with E-state index in [-0.39, 0.29) is 11.5 Å². The summed E-state index contributed by atoms with van der Waals surface area (Å²) in [7, 11) is -1.59. The van der Waals surface area contributed by atoms with E-state index in [1.54, 1.807) is 24.3 Å². The van der Waals surface area contributed by atoms with Gasteiger partial charge in [0.25, 0.3) is 0 Å². The molecule has 1 saturated heterocycles. The highest BCUT2D eigenvalue weighted by Crippen LogP contribution is 2.23. The smallest absolute Gasteiger partial charge is 0.243 e. The van der Waals surface area contributed by atoms with E-state index < -0.39 is 10.0 Å². The van der Waals surface area contributed by atoms with Gasteiger partial charge in [-0.15, -0.1) is 0 Å². The monoisotopic (exact) mass is 421 g/mol. The van der Waals surface area contributed by atoms with Crippen molar-refractivity contribution < 1.29 is 17.9 Å². The van der Waals surface area contributed by atoms with Crippen molar-refractivity contribution in [3.05, 3.63) is 53.3 Å². The molecule has 1 aliphatic heterocycles. The zero-order valence-electron chi connectivity index (χ0n) is 15.3. The first-order valence-electron chi connectivity index (χ1n) is 8.87. The minimum Gasteiger partial charge on any atom is -0.486 e. The van der Waals surface area contributed by atoms with E-state index in [2.05, 4.69) is 4.98 Å². The van der Waals surface area contributed by atoms with Gasteiger partial charge >= 0.3 is 0 Å². The fourth-order valence-electron chi connectivity index (χ4n) is 3.14. The average Bonchev–Trinajstić information content (AvgIpc) is 3.02. The predicted octanol–water partition coefficient (Wildman–Crippen LogP) is 2.83. The van der Waals surface area contributed by atoms with E-state index in [0.717, 1.165) is 16.9 Å². The molecular formula is C19H20ClN3O4S. The minimum absolute atomic E-state index is 0.249. The molecular weight excluding hydrogens is 402 g/mol. The van der Waals surface area contributed by atoms with Crippen molar-refractivity contribution in [2.45, 2.75) is 11.5 Å². The summed E-state index contributed by atoms with van der Waals surface area (Å²) in [5.41, 5.74) is 1.77. The van der Waals surface area contributed by atoms with Crippen LogP contribution in [0.5, 0.6) is 5.75 Å². The highest BCUT2D eigenvalue weighted by Gasteiger charge is 2.26. The molecule has 0 amide bonds. The molecule has 28 heavy (non-hydrogen) atoms. The molecule has 0 atom stereocenters. The lowest BCUT2D eigenvalue weighted by Gasteiger charge is -2.26. The van der Waals surface area contributed by atoms with Crippen LogP contribution in [0, 0.1) is 0 Å². The molecule has 2 aromatic carbocycles. The van der Waals surface area contributed by atoms with Gasteiger partial charge in [-0.05, 0) is 42.5 Å². The van der Waals surface area contributed by atoms with E-state index >= 15 is 0 Å². The van der Waals surface area contributed by atoms with Crippen LogP contribution < -0.4 is 4.74 Å². The number of rotatable bonds is 5. The second-order valence-corrected chi connectivity index (χ2v) is 8.87. The van der Waals surface area contributed by atoms with Gasteiger partial charge in [0.1, 0.15) is 18.2 Å². The maximum Gasteiger partial charge on any atom is 0.243 e. The fraction of sp³-hybridized carbons (Fsp3) is 0.316. The van der Waals surface area contributed by atoms with Gasteiger partial charge in [0.15, 0.2) is 0 Å². The summed E-state index contributed by atoms with van der Waals surface area (Å²) >= 11 is 6.02. The van der Waals surface area contributed by atoms with Crippen LogP contribution in [0.3, 0.4) is 0 Å². The van der Waals surface area contributed by atoms with Gasteiger partial charge in [0.2, 0.25) is 10.0 Å². The van der Waals surface area contributed by atoms with Gasteiger partial charge in [-0.3, -0.25) is 0 Å². The van der Waals surface area contributed by atoms with Crippen LogP contribution in [0.15, 0.2) is 47.4 Å². The topological polar surface area (TPSA) is 73.7 Å². The molecule has 3 aromatic rings. The second-order valence-electron chi connectivity index (χ2n) is 6.50. The van der Waals surface area contributed by atoms with Gasteiger partial charge in [-0.25, -0.2) is 13.4 Å². The van der Waals surface area contributed by atoms with Crippen molar-refractivity contribution in [1.82, 2.24) is 13.9 Å². The van der Waals surface area contributed by atoms with Gasteiger partial charge < -0.3 is 14.0 Å². The lowest BCUT2D eigenvalue weighted by Crippen LogP contribution is -2.40. The quantitative estimate of drug-likeness (QED) is 0.633. The van der Waals surface area contributed by atoms with Crippen LogP contribution in [0.2, 0.25) is 5.02 Å². The largest absolute Gasteiger partial charge is 0.486 e. The Labute approximate surface area is 168 Å². The molecule has 0 radical (unpaired) electrons. The number of ether oxygens (including phenoxy) is 2. The van der Waals surface area contributed by atoms with Crippen molar-refractivity contribution in [2.75, 3.05) is 26.3 Å². The van der Waals surface area contributed by atoms with E-state index in [9.17, 15) is 8.42 Å².